The molecule has 158 valence electrons. The number of nitrogens with zero attached hydrogens (tertiary/aromatic N) is 3. The van der Waals surface area contributed by atoms with Crippen molar-refractivity contribution in [3.63, 3.8) is 0 Å². The molecule has 1 saturated heterocycles. The predicted molar refractivity (Wildman–Crippen MR) is 94.6 cm³/mol. The number of para-hydroxylation sites is 1. The lowest BCUT2D eigenvalue weighted by Gasteiger charge is -2.31. The zero-order chi connectivity index (χ0) is 20.6. The fourth-order valence-corrected chi connectivity index (χ4v) is 5.20. The summed E-state index contributed by atoms with van der Waals surface area (Å²) >= 11 is 0. The SMILES string of the molecule is O=S(=O)(c1ccccc1OC(F)(F)F)N1CCCC(Cc2nc(C3CC3)no2)C1. The maximum atomic E-state index is 13.0. The van der Waals surface area contributed by atoms with Crippen molar-refractivity contribution >= 4 is 10.0 Å². The molecular weight excluding hydrogens is 411 g/mol. The third-order valence-corrected chi connectivity index (χ3v) is 6.97. The summed E-state index contributed by atoms with van der Waals surface area (Å²) in [5.74, 6) is 0.742. The zero-order valence-electron chi connectivity index (χ0n) is 15.4. The van der Waals surface area contributed by atoms with Gasteiger partial charge >= 0.3 is 6.36 Å². The van der Waals surface area contributed by atoms with Gasteiger partial charge in [0.25, 0.3) is 0 Å². The fourth-order valence-electron chi connectivity index (χ4n) is 3.53. The van der Waals surface area contributed by atoms with E-state index in [0.29, 0.717) is 30.5 Å². The Morgan fingerprint density at radius 1 is 1.21 bits per heavy atom. The Morgan fingerprint density at radius 2 is 1.97 bits per heavy atom. The van der Waals surface area contributed by atoms with E-state index >= 15 is 0 Å². The van der Waals surface area contributed by atoms with Gasteiger partial charge in [-0.3, -0.25) is 0 Å². The summed E-state index contributed by atoms with van der Waals surface area (Å²) in [6.07, 6.45) is -1.08. The average Bonchev–Trinajstić information content (AvgIpc) is 3.41. The maximum absolute atomic E-state index is 13.0. The Bertz CT molecular complexity index is 973. The van der Waals surface area contributed by atoms with Crippen LogP contribution in [0.1, 0.15) is 43.3 Å². The second-order valence-electron chi connectivity index (χ2n) is 7.39. The van der Waals surface area contributed by atoms with Gasteiger partial charge in [0.2, 0.25) is 15.9 Å². The van der Waals surface area contributed by atoms with Gasteiger partial charge in [-0.25, -0.2) is 8.42 Å². The molecule has 0 radical (unpaired) electrons. The number of piperidine rings is 1. The number of hydrogen-bond donors (Lipinski definition) is 0. The zero-order valence-corrected chi connectivity index (χ0v) is 16.2. The number of halogens is 3. The van der Waals surface area contributed by atoms with Gasteiger partial charge in [0, 0.05) is 25.4 Å². The van der Waals surface area contributed by atoms with Crippen LogP contribution in [0.15, 0.2) is 33.7 Å². The molecule has 29 heavy (non-hydrogen) atoms. The van der Waals surface area contributed by atoms with E-state index in [0.717, 1.165) is 31.4 Å². The van der Waals surface area contributed by atoms with Crippen LogP contribution in [0.5, 0.6) is 5.75 Å². The monoisotopic (exact) mass is 431 g/mol. The van der Waals surface area contributed by atoms with Gasteiger partial charge < -0.3 is 9.26 Å². The van der Waals surface area contributed by atoms with Gasteiger partial charge in [-0.2, -0.15) is 9.29 Å². The minimum absolute atomic E-state index is 0.0540. The van der Waals surface area contributed by atoms with Crippen molar-refractivity contribution in [2.75, 3.05) is 13.1 Å². The predicted octanol–water partition coefficient (Wildman–Crippen LogP) is 3.49. The van der Waals surface area contributed by atoms with Crippen molar-refractivity contribution in [3.05, 3.63) is 36.0 Å². The molecule has 11 heteroatoms. The van der Waals surface area contributed by atoms with Crippen molar-refractivity contribution in [2.24, 2.45) is 5.92 Å². The Labute approximate surface area is 165 Å². The molecule has 1 aliphatic carbocycles. The molecule has 2 fully saturated rings. The second kappa shape index (κ2) is 7.60. The highest BCUT2D eigenvalue weighted by molar-refractivity contribution is 7.89. The minimum Gasteiger partial charge on any atom is -0.404 e. The summed E-state index contributed by atoms with van der Waals surface area (Å²) in [4.78, 5) is 3.88. The number of ether oxygens (including phenoxy) is 1. The maximum Gasteiger partial charge on any atom is 0.573 e. The number of aromatic nitrogens is 2. The topological polar surface area (TPSA) is 85.5 Å². The van der Waals surface area contributed by atoms with E-state index in [1.54, 1.807) is 0 Å². The number of rotatable bonds is 6. The van der Waals surface area contributed by atoms with Crippen molar-refractivity contribution < 1.29 is 30.8 Å². The molecule has 1 aromatic heterocycles. The van der Waals surface area contributed by atoms with E-state index < -0.39 is 27.0 Å². The lowest BCUT2D eigenvalue weighted by Crippen LogP contribution is -2.40. The molecule has 0 spiro atoms. The number of sulfonamides is 1. The van der Waals surface area contributed by atoms with E-state index in [1.165, 1.54) is 16.4 Å². The highest BCUT2D eigenvalue weighted by Crippen LogP contribution is 2.38. The summed E-state index contributed by atoms with van der Waals surface area (Å²) < 4.78 is 74.4. The van der Waals surface area contributed by atoms with E-state index in [2.05, 4.69) is 14.9 Å². The molecule has 1 aliphatic heterocycles. The average molecular weight is 431 g/mol. The standard InChI is InChI=1S/C18H20F3N3O4S/c19-18(20,21)27-14-5-1-2-6-15(14)29(25,26)24-9-3-4-12(11-24)10-16-22-17(23-28-16)13-7-8-13/h1-2,5-6,12-13H,3-4,7-11H2. The molecule has 1 saturated carbocycles. The smallest absolute Gasteiger partial charge is 0.404 e. The van der Waals surface area contributed by atoms with E-state index in [9.17, 15) is 21.6 Å². The van der Waals surface area contributed by atoms with Crippen LogP contribution in [0.25, 0.3) is 0 Å². The van der Waals surface area contributed by atoms with Crippen LogP contribution in [0.2, 0.25) is 0 Å². The lowest BCUT2D eigenvalue weighted by molar-refractivity contribution is -0.275. The first-order valence-electron chi connectivity index (χ1n) is 9.40. The van der Waals surface area contributed by atoms with Crippen LogP contribution in [-0.2, 0) is 16.4 Å². The molecule has 1 aromatic carbocycles. The van der Waals surface area contributed by atoms with Crippen LogP contribution >= 0.6 is 0 Å². The summed E-state index contributed by atoms with van der Waals surface area (Å²) in [6.45, 7) is 0.403. The van der Waals surface area contributed by atoms with Crippen LogP contribution in [0.4, 0.5) is 13.2 Å². The minimum atomic E-state index is -4.98. The molecule has 0 bridgehead atoms. The molecule has 1 unspecified atom stereocenters. The van der Waals surface area contributed by atoms with Gasteiger partial charge in [0.05, 0.1) is 0 Å². The highest BCUT2D eigenvalue weighted by Gasteiger charge is 2.37. The number of benzene rings is 1. The summed E-state index contributed by atoms with van der Waals surface area (Å²) in [5, 5.41) is 3.96. The van der Waals surface area contributed by atoms with E-state index in [4.69, 9.17) is 4.52 Å². The summed E-state index contributed by atoms with van der Waals surface area (Å²) in [7, 11) is -4.15. The van der Waals surface area contributed by atoms with Crippen molar-refractivity contribution in [3.8, 4) is 5.75 Å². The first kappa shape index (κ1) is 20.1. The Kier molecular flexibility index (Phi) is 5.28. The number of hydrogen-bond acceptors (Lipinski definition) is 6. The van der Waals surface area contributed by atoms with Gasteiger partial charge in [-0.15, -0.1) is 13.2 Å². The van der Waals surface area contributed by atoms with E-state index in [1.807, 2.05) is 0 Å². The third-order valence-electron chi connectivity index (χ3n) is 5.06. The summed E-state index contributed by atoms with van der Waals surface area (Å²) in [5.41, 5.74) is 0. The fraction of sp³-hybridized carbons (Fsp3) is 0.556. The molecule has 1 atom stereocenters. The van der Waals surface area contributed by atoms with Gasteiger partial charge in [-0.1, -0.05) is 17.3 Å². The molecular formula is C18H20F3N3O4S. The second-order valence-corrected chi connectivity index (χ2v) is 9.30. The molecule has 2 aliphatic rings. The third kappa shape index (κ3) is 4.72. The van der Waals surface area contributed by atoms with Crippen molar-refractivity contribution in [1.29, 1.82) is 0 Å². The van der Waals surface area contributed by atoms with Crippen molar-refractivity contribution in [2.45, 2.75) is 49.3 Å². The normalized spacial score (nSPS) is 21.3. The molecule has 4 rings (SSSR count). The lowest BCUT2D eigenvalue weighted by atomic mass is 9.96. The summed E-state index contributed by atoms with van der Waals surface area (Å²) in [6, 6.07) is 4.79. The van der Waals surface area contributed by atoms with Crippen molar-refractivity contribution in [1.82, 2.24) is 14.4 Å². The largest absolute Gasteiger partial charge is 0.573 e. The molecule has 2 aromatic rings. The van der Waals surface area contributed by atoms with Crippen LogP contribution < -0.4 is 4.74 Å². The highest BCUT2D eigenvalue weighted by atomic mass is 32.2. The van der Waals surface area contributed by atoms with E-state index in [-0.39, 0.29) is 19.0 Å². The van der Waals surface area contributed by atoms with Crippen LogP contribution in [0.3, 0.4) is 0 Å². The molecule has 7 nitrogen and oxygen atoms in total. The van der Waals surface area contributed by atoms with Gasteiger partial charge in [0.1, 0.15) is 10.6 Å². The Hall–Kier alpha value is -2.14. The first-order chi connectivity index (χ1) is 13.7. The van der Waals surface area contributed by atoms with Crippen LogP contribution in [-0.4, -0.2) is 42.3 Å². The van der Waals surface area contributed by atoms with Crippen LogP contribution in [0, 0.1) is 5.92 Å². The molecule has 2 heterocycles. The molecule has 0 N–H and O–H groups in total. The number of alkyl halides is 3. The molecule has 0 amide bonds. The first-order valence-corrected chi connectivity index (χ1v) is 10.8. The van der Waals surface area contributed by atoms with Gasteiger partial charge in [-0.05, 0) is 43.7 Å². The Balaban J connectivity index is 1.49. The Morgan fingerprint density at radius 3 is 2.69 bits per heavy atom. The quantitative estimate of drug-likeness (QED) is 0.696. The van der Waals surface area contributed by atoms with Gasteiger partial charge in [0.15, 0.2) is 5.82 Å².